The summed E-state index contributed by atoms with van der Waals surface area (Å²) < 4.78 is 10.0. The zero-order valence-corrected chi connectivity index (χ0v) is 9.44. The maximum absolute atomic E-state index is 11.2. The van der Waals surface area contributed by atoms with Crippen molar-refractivity contribution >= 4 is 5.97 Å². The molecule has 0 atom stereocenters. The quantitative estimate of drug-likeness (QED) is 0.420. The van der Waals surface area contributed by atoms with Crippen LogP contribution in [-0.2, 0) is 16.1 Å². The van der Waals surface area contributed by atoms with Crippen molar-refractivity contribution in [2.75, 3.05) is 13.7 Å². The van der Waals surface area contributed by atoms with Gasteiger partial charge < -0.3 is 9.47 Å². The van der Waals surface area contributed by atoms with E-state index in [9.17, 15) is 4.79 Å². The standard InChI is InChI=1S/C13H16O3/c1-3-4-9-16-10-11-5-7-12(8-6-11)13(14)15-2/h3,5-8H,1,4,9-10H2,2H3. The summed E-state index contributed by atoms with van der Waals surface area (Å²) in [6.45, 7) is 4.83. The number of carbonyl (C=O) groups excluding carboxylic acids is 1. The molecule has 0 bridgehead atoms. The lowest BCUT2D eigenvalue weighted by Crippen LogP contribution is -2.01. The zero-order valence-electron chi connectivity index (χ0n) is 9.44. The predicted molar refractivity (Wildman–Crippen MR) is 62.3 cm³/mol. The molecular formula is C13H16O3. The topological polar surface area (TPSA) is 35.5 Å². The van der Waals surface area contributed by atoms with Crippen molar-refractivity contribution in [3.05, 3.63) is 48.0 Å². The first-order chi connectivity index (χ1) is 7.77. The highest BCUT2D eigenvalue weighted by molar-refractivity contribution is 5.89. The lowest BCUT2D eigenvalue weighted by molar-refractivity contribution is 0.0600. The molecule has 0 fully saturated rings. The first-order valence-corrected chi connectivity index (χ1v) is 5.14. The summed E-state index contributed by atoms with van der Waals surface area (Å²) in [5.41, 5.74) is 1.59. The molecule has 0 heterocycles. The third kappa shape index (κ3) is 3.87. The van der Waals surface area contributed by atoms with Crippen LogP contribution >= 0.6 is 0 Å². The molecule has 0 aliphatic heterocycles. The summed E-state index contributed by atoms with van der Waals surface area (Å²) >= 11 is 0. The number of methoxy groups -OCH3 is 1. The van der Waals surface area contributed by atoms with Gasteiger partial charge in [-0.1, -0.05) is 18.2 Å². The van der Waals surface area contributed by atoms with Crippen molar-refractivity contribution in [3.63, 3.8) is 0 Å². The van der Waals surface area contributed by atoms with E-state index in [-0.39, 0.29) is 5.97 Å². The van der Waals surface area contributed by atoms with E-state index in [2.05, 4.69) is 11.3 Å². The molecule has 0 N–H and O–H groups in total. The number of rotatable bonds is 6. The van der Waals surface area contributed by atoms with E-state index in [0.29, 0.717) is 18.8 Å². The van der Waals surface area contributed by atoms with Gasteiger partial charge in [-0.05, 0) is 24.1 Å². The predicted octanol–water partition coefficient (Wildman–Crippen LogP) is 2.57. The van der Waals surface area contributed by atoms with Gasteiger partial charge in [0.1, 0.15) is 0 Å². The molecule has 0 aliphatic carbocycles. The van der Waals surface area contributed by atoms with Crippen LogP contribution in [0, 0.1) is 0 Å². The van der Waals surface area contributed by atoms with E-state index < -0.39 is 0 Å². The Morgan fingerprint density at radius 3 is 2.62 bits per heavy atom. The maximum Gasteiger partial charge on any atom is 0.337 e. The molecule has 86 valence electrons. The summed E-state index contributed by atoms with van der Waals surface area (Å²) in [5.74, 6) is -0.320. The fourth-order valence-corrected chi connectivity index (χ4v) is 1.21. The highest BCUT2D eigenvalue weighted by Gasteiger charge is 2.03. The van der Waals surface area contributed by atoms with Crippen molar-refractivity contribution in [3.8, 4) is 0 Å². The Hall–Kier alpha value is -1.61. The van der Waals surface area contributed by atoms with Crippen molar-refractivity contribution in [2.24, 2.45) is 0 Å². The van der Waals surface area contributed by atoms with E-state index in [1.807, 2.05) is 18.2 Å². The van der Waals surface area contributed by atoms with Crippen LogP contribution in [0.1, 0.15) is 22.3 Å². The Morgan fingerprint density at radius 1 is 1.38 bits per heavy atom. The summed E-state index contributed by atoms with van der Waals surface area (Å²) in [5, 5.41) is 0. The molecular weight excluding hydrogens is 204 g/mol. The van der Waals surface area contributed by atoms with Crippen molar-refractivity contribution < 1.29 is 14.3 Å². The third-order valence-electron chi connectivity index (χ3n) is 2.11. The van der Waals surface area contributed by atoms with Crippen molar-refractivity contribution in [2.45, 2.75) is 13.0 Å². The minimum Gasteiger partial charge on any atom is -0.465 e. The SMILES string of the molecule is C=CCCOCc1ccc(C(=O)OC)cc1. The van der Waals surface area contributed by atoms with Gasteiger partial charge >= 0.3 is 5.97 Å². The van der Waals surface area contributed by atoms with Crippen LogP contribution in [0.3, 0.4) is 0 Å². The van der Waals surface area contributed by atoms with Crippen molar-refractivity contribution in [1.82, 2.24) is 0 Å². The van der Waals surface area contributed by atoms with Crippen LogP contribution in [0.4, 0.5) is 0 Å². The van der Waals surface area contributed by atoms with Gasteiger partial charge in [-0.3, -0.25) is 0 Å². The Bertz CT molecular complexity index is 341. The molecule has 0 saturated heterocycles. The molecule has 1 aromatic carbocycles. The van der Waals surface area contributed by atoms with Crippen LogP contribution in [0.15, 0.2) is 36.9 Å². The van der Waals surface area contributed by atoms with Gasteiger partial charge in [-0.25, -0.2) is 4.79 Å². The molecule has 1 aromatic rings. The van der Waals surface area contributed by atoms with E-state index in [4.69, 9.17) is 4.74 Å². The Labute approximate surface area is 95.7 Å². The van der Waals surface area contributed by atoms with Gasteiger partial charge in [0.15, 0.2) is 0 Å². The van der Waals surface area contributed by atoms with E-state index in [1.54, 1.807) is 12.1 Å². The number of hydrogen-bond acceptors (Lipinski definition) is 3. The molecule has 0 saturated carbocycles. The summed E-state index contributed by atoms with van der Waals surface area (Å²) in [4.78, 5) is 11.2. The molecule has 0 unspecified atom stereocenters. The van der Waals surface area contributed by atoms with Gasteiger partial charge in [0.2, 0.25) is 0 Å². The minimum atomic E-state index is -0.320. The molecule has 0 aromatic heterocycles. The summed E-state index contributed by atoms with van der Waals surface area (Å²) in [6.07, 6.45) is 2.67. The van der Waals surface area contributed by atoms with Crippen LogP contribution in [0.2, 0.25) is 0 Å². The lowest BCUT2D eigenvalue weighted by Gasteiger charge is -2.04. The normalized spacial score (nSPS) is 9.81. The van der Waals surface area contributed by atoms with Crippen LogP contribution in [0.5, 0.6) is 0 Å². The lowest BCUT2D eigenvalue weighted by atomic mass is 10.1. The minimum absolute atomic E-state index is 0.320. The molecule has 1 rings (SSSR count). The first kappa shape index (κ1) is 12.5. The van der Waals surface area contributed by atoms with Gasteiger partial charge in [0.05, 0.1) is 25.9 Å². The third-order valence-corrected chi connectivity index (χ3v) is 2.11. The largest absolute Gasteiger partial charge is 0.465 e. The van der Waals surface area contributed by atoms with E-state index in [1.165, 1.54) is 7.11 Å². The van der Waals surface area contributed by atoms with Gasteiger partial charge in [-0.15, -0.1) is 6.58 Å². The Balaban J connectivity index is 2.45. The van der Waals surface area contributed by atoms with Crippen LogP contribution < -0.4 is 0 Å². The second-order valence-electron chi connectivity index (χ2n) is 3.32. The average molecular weight is 220 g/mol. The number of ether oxygens (including phenoxy) is 2. The number of esters is 1. The van der Waals surface area contributed by atoms with Crippen molar-refractivity contribution in [1.29, 1.82) is 0 Å². The number of hydrogen-bond donors (Lipinski definition) is 0. The molecule has 3 nitrogen and oxygen atoms in total. The second kappa shape index (κ2) is 6.80. The Kier molecular flexibility index (Phi) is 5.29. The average Bonchev–Trinajstić information content (AvgIpc) is 2.34. The smallest absolute Gasteiger partial charge is 0.337 e. The highest BCUT2D eigenvalue weighted by Crippen LogP contribution is 2.07. The van der Waals surface area contributed by atoms with Crippen LogP contribution in [-0.4, -0.2) is 19.7 Å². The van der Waals surface area contributed by atoms with E-state index in [0.717, 1.165) is 12.0 Å². The summed E-state index contributed by atoms with van der Waals surface area (Å²) in [7, 11) is 1.37. The molecule has 0 spiro atoms. The number of benzene rings is 1. The molecule has 0 radical (unpaired) electrons. The van der Waals surface area contributed by atoms with Gasteiger partial charge in [-0.2, -0.15) is 0 Å². The first-order valence-electron chi connectivity index (χ1n) is 5.14. The monoisotopic (exact) mass is 220 g/mol. The molecule has 3 heteroatoms. The van der Waals surface area contributed by atoms with Gasteiger partial charge in [0.25, 0.3) is 0 Å². The maximum atomic E-state index is 11.2. The zero-order chi connectivity index (χ0) is 11.8. The molecule has 0 amide bonds. The fourth-order valence-electron chi connectivity index (χ4n) is 1.21. The Morgan fingerprint density at radius 2 is 2.06 bits per heavy atom. The fraction of sp³-hybridized carbons (Fsp3) is 0.308. The van der Waals surface area contributed by atoms with Crippen LogP contribution in [0.25, 0.3) is 0 Å². The number of carbonyl (C=O) groups is 1. The summed E-state index contributed by atoms with van der Waals surface area (Å²) in [6, 6.07) is 7.19. The van der Waals surface area contributed by atoms with Gasteiger partial charge in [0, 0.05) is 0 Å². The molecule has 0 aliphatic rings. The second-order valence-corrected chi connectivity index (χ2v) is 3.32. The van der Waals surface area contributed by atoms with E-state index >= 15 is 0 Å². The highest BCUT2D eigenvalue weighted by atomic mass is 16.5. The molecule has 16 heavy (non-hydrogen) atoms.